The molecule has 3 aromatic rings. The lowest BCUT2D eigenvalue weighted by Crippen LogP contribution is -2.28. The lowest BCUT2D eigenvalue weighted by molar-refractivity contribution is 0.0787. The second-order valence-electron chi connectivity index (χ2n) is 5.89. The van der Waals surface area contributed by atoms with Gasteiger partial charge in [-0.15, -0.1) is 5.10 Å². The Morgan fingerprint density at radius 1 is 1.08 bits per heavy atom. The Kier molecular flexibility index (Phi) is 4.19. The van der Waals surface area contributed by atoms with E-state index < -0.39 is 0 Å². The lowest BCUT2D eigenvalue weighted by Gasteiger charge is -2.15. The fourth-order valence-corrected chi connectivity index (χ4v) is 3.27. The highest BCUT2D eigenvalue weighted by molar-refractivity contribution is 6.32. The molecular weight excluding hydrogens is 338 g/mol. The van der Waals surface area contributed by atoms with Gasteiger partial charge in [-0.2, -0.15) is 0 Å². The van der Waals surface area contributed by atoms with Crippen molar-refractivity contribution in [3.63, 3.8) is 0 Å². The molecule has 2 aromatic heterocycles. The second-order valence-corrected chi connectivity index (χ2v) is 6.30. The van der Waals surface area contributed by atoms with Crippen LogP contribution in [-0.4, -0.2) is 43.9 Å². The highest BCUT2D eigenvalue weighted by atomic mass is 35.5. The summed E-state index contributed by atoms with van der Waals surface area (Å²) in [4.78, 5) is 18.9. The van der Waals surface area contributed by atoms with E-state index in [2.05, 4.69) is 15.3 Å². The minimum Gasteiger partial charge on any atom is -0.337 e. The van der Waals surface area contributed by atoms with E-state index in [4.69, 9.17) is 11.6 Å². The largest absolute Gasteiger partial charge is 0.337 e. The molecule has 1 aliphatic heterocycles. The number of halogens is 1. The molecule has 0 N–H and O–H groups in total. The number of carbonyl (C=O) groups is 1. The van der Waals surface area contributed by atoms with Gasteiger partial charge >= 0.3 is 0 Å². The Labute approximate surface area is 150 Å². The summed E-state index contributed by atoms with van der Waals surface area (Å²) in [5.41, 5.74) is 2.39. The quantitative estimate of drug-likeness (QED) is 0.725. The van der Waals surface area contributed by atoms with Gasteiger partial charge in [-0.3, -0.25) is 9.78 Å². The van der Waals surface area contributed by atoms with Gasteiger partial charge < -0.3 is 4.90 Å². The summed E-state index contributed by atoms with van der Waals surface area (Å²) >= 11 is 6.33. The summed E-state index contributed by atoms with van der Waals surface area (Å²) in [7, 11) is 0. The first-order valence-corrected chi connectivity index (χ1v) is 8.54. The number of nitrogens with zero attached hydrogens (tertiary/aromatic N) is 5. The van der Waals surface area contributed by atoms with Gasteiger partial charge in [0.25, 0.3) is 5.91 Å². The molecule has 1 amide bonds. The third kappa shape index (κ3) is 2.89. The molecule has 3 heterocycles. The van der Waals surface area contributed by atoms with Crippen molar-refractivity contribution < 1.29 is 4.79 Å². The van der Waals surface area contributed by atoms with Crippen LogP contribution in [0.2, 0.25) is 5.02 Å². The second kappa shape index (κ2) is 6.64. The van der Waals surface area contributed by atoms with Crippen LogP contribution >= 0.6 is 11.6 Å². The molecule has 0 spiro atoms. The molecule has 0 unspecified atom stereocenters. The molecule has 0 atom stereocenters. The SMILES string of the molecule is O=C(c1nnn(-c2ccccc2Cl)c1-c1cccnc1)N1CCCC1. The molecular formula is C18H16ClN5O. The minimum absolute atomic E-state index is 0.102. The monoisotopic (exact) mass is 353 g/mol. The van der Waals surface area contributed by atoms with Crippen LogP contribution < -0.4 is 0 Å². The van der Waals surface area contributed by atoms with Crippen molar-refractivity contribution in [1.29, 1.82) is 0 Å². The van der Waals surface area contributed by atoms with Crippen molar-refractivity contribution in [1.82, 2.24) is 24.9 Å². The molecule has 0 radical (unpaired) electrons. The van der Waals surface area contributed by atoms with E-state index in [0.29, 0.717) is 22.1 Å². The summed E-state index contributed by atoms with van der Waals surface area (Å²) in [5.74, 6) is -0.102. The van der Waals surface area contributed by atoms with E-state index in [9.17, 15) is 4.79 Å². The minimum atomic E-state index is -0.102. The van der Waals surface area contributed by atoms with Gasteiger partial charge in [0.1, 0.15) is 5.69 Å². The number of likely N-dealkylation sites (tertiary alicyclic amines) is 1. The van der Waals surface area contributed by atoms with Gasteiger partial charge in [0, 0.05) is 31.0 Å². The van der Waals surface area contributed by atoms with Crippen molar-refractivity contribution in [2.45, 2.75) is 12.8 Å². The summed E-state index contributed by atoms with van der Waals surface area (Å²) in [6.45, 7) is 1.51. The van der Waals surface area contributed by atoms with Crippen LogP contribution in [0.4, 0.5) is 0 Å². The molecule has 0 bridgehead atoms. The van der Waals surface area contributed by atoms with Gasteiger partial charge in [0.05, 0.1) is 10.7 Å². The fraction of sp³-hybridized carbons (Fsp3) is 0.222. The van der Waals surface area contributed by atoms with E-state index in [1.807, 2.05) is 35.2 Å². The Hall–Kier alpha value is -2.73. The Balaban J connectivity index is 1.88. The number of rotatable bonds is 3. The van der Waals surface area contributed by atoms with E-state index in [0.717, 1.165) is 31.5 Å². The third-order valence-electron chi connectivity index (χ3n) is 4.28. The number of para-hydroxylation sites is 1. The van der Waals surface area contributed by atoms with E-state index >= 15 is 0 Å². The smallest absolute Gasteiger partial charge is 0.276 e. The predicted molar refractivity (Wildman–Crippen MR) is 94.7 cm³/mol. The number of carbonyl (C=O) groups excluding carboxylic acids is 1. The van der Waals surface area contributed by atoms with Crippen molar-refractivity contribution >= 4 is 17.5 Å². The number of aromatic nitrogens is 4. The fourth-order valence-electron chi connectivity index (χ4n) is 3.05. The molecule has 25 heavy (non-hydrogen) atoms. The molecule has 126 valence electrons. The van der Waals surface area contributed by atoms with Crippen LogP contribution in [0.25, 0.3) is 16.9 Å². The number of hydrogen-bond acceptors (Lipinski definition) is 4. The van der Waals surface area contributed by atoms with E-state index in [1.165, 1.54) is 0 Å². The number of pyridine rings is 1. The summed E-state index contributed by atoms with van der Waals surface area (Å²) < 4.78 is 1.61. The first-order valence-electron chi connectivity index (χ1n) is 8.16. The van der Waals surface area contributed by atoms with Crippen LogP contribution in [0.15, 0.2) is 48.8 Å². The summed E-state index contributed by atoms with van der Waals surface area (Å²) in [5, 5.41) is 8.95. The van der Waals surface area contributed by atoms with Gasteiger partial charge in [-0.1, -0.05) is 28.9 Å². The van der Waals surface area contributed by atoms with E-state index in [1.54, 1.807) is 23.1 Å². The predicted octanol–water partition coefficient (Wildman–Crippen LogP) is 3.22. The van der Waals surface area contributed by atoms with Crippen LogP contribution in [0, 0.1) is 0 Å². The Morgan fingerprint density at radius 3 is 2.60 bits per heavy atom. The van der Waals surface area contributed by atoms with Crippen molar-refractivity contribution in [2.75, 3.05) is 13.1 Å². The number of amides is 1. The van der Waals surface area contributed by atoms with Crippen LogP contribution in [0.3, 0.4) is 0 Å². The molecule has 0 aliphatic carbocycles. The Morgan fingerprint density at radius 2 is 1.88 bits per heavy atom. The van der Waals surface area contributed by atoms with Crippen molar-refractivity contribution in [3.8, 4) is 16.9 Å². The summed E-state index contributed by atoms with van der Waals surface area (Å²) in [6, 6.07) is 11.1. The molecule has 6 nitrogen and oxygen atoms in total. The number of benzene rings is 1. The van der Waals surface area contributed by atoms with Crippen molar-refractivity contribution in [3.05, 3.63) is 59.5 Å². The topological polar surface area (TPSA) is 63.9 Å². The summed E-state index contributed by atoms with van der Waals surface area (Å²) in [6.07, 6.45) is 5.43. The third-order valence-corrected chi connectivity index (χ3v) is 4.60. The normalized spacial score (nSPS) is 14.0. The van der Waals surface area contributed by atoms with E-state index in [-0.39, 0.29) is 5.91 Å². The Bertz CT molecular complexity index is 903. The highest BCUT2D eigenvalue weighted by Crippen LogP contribution is 2.29. The average molecular weight is 354 g/mol. The van der Waals surface area contributed by atoms with Crippen LogP contribution in [-0.2, 0) is 0 Å². The first kappa shape index (κ1) is 15.8. The van der Waals surface area contributed by atoms with Gasteiger partial charge in [0.15, 0.2) is 5.69 Å². The maximum Gasteiger partial charge on any atom is 0.276 e. The zero-order valence-electron chi connectivity index (χ0n) is 13.5. The maximum absolute atomic E-state index is 12.9. The molecule has 7 heteroatoms. The standard InChI is InChI=1S/C18H16ClN5O/c19-14-7-1-2-8-15(14)24-17(13-6-5-9-20-12-13)16(21-22-24)18(25)23-10-3-4-11-23/h1-2,5-9,12H,3-4,10-11H2. The molecule has 1 saturated heterocycles. The maximum atomic E-state index is 12.9. The average Bonchev–Trinajstić information content (AvgIpc) is 3.32. The zero-order chi connectivity index (χ0) is 17.2. The van der Waals surface area contributed by atoms with Crippen molar-refractivity contribution in [2.24, 2.45) is 0 Å². The molecule has 0 saturated carbocycles. The highest BCUT2D eigenvalue weighted by Gasteiger charge is 2.28. The first-order chi connectivity index (χ1) is 12.3. The van der Waals surface area contributed by atoms with Crippen LogP contribution in [0.1, 0.15) is 23.3 Å². The molecule has 1 aromatic carbocycles. The molecule has 4 rings (SSSR count). The van der Waals surface area contributed by atoms with Crippen LogP contribution in [0.5, 0.6) is 0 Å². The molecule has 1 aliphatic rings. The lowest BCUT2D eigenvalue weighted by atomic mass is 10.1. The van der Waals surface area contributed by atoms with Gasteiger partial charge in [-0.05, 0) is 37.1 Å². The van der Waals surface area contributed by atoms with Gasteiger partial charge in [0.2, 0.25) is 0 Å². The zero-order valence-corrected chi connectivity index (χ0v) is 14.2. The molecule has 1 fully saturated rings. The number of hydrogen-bond donors (Lipinski definition) is 0. The van der Waals surface area contributed by atoms with Gasteiger partial charge in [-0.25, -0.2) is 4.68 Å².